The molecule has 0 spiro atoms. The van der Waals surface area contributed by atoms with Gasteiger partial charge in [-0.05, 0) is 44.1 Å². The van der Waals surface area contributed by atoms with Gasteiger partial charge in [-0.1, -0.05) is 48.5 Å². The molecule has 2 aliphatic rings. The molecule has 2 saturated heterocycles. The Morgan fingerprint density at radius 2 is 1.52 bits per heavy atom. The molecule has 40 heavy (non-hydrogen) atoms. The second kappa shape index (κ2) is 10.9. The van der Waals surface area contributed by atoms with E-state index in [1.54, 1.807) is 21.9 Å². The minimum atomic E-state index is -1.08. The maximum atomic E-state index is 14.2. The Balaban J connectivity index is 1.28. The van der Waals surface area contributed by atoms with Gasteiger partial charge in [0, 0.05) is 37.1 Å². The first-order valence-electron chi connectivity index (χ1n) is 13.5. The number of hydrogen-bond donors (Lipinski definition) is 2. The first-order chi connectivity index (χ1) is 19.6. The molecule has 0 atom stereocenters. The molecule has 3 amide bonds. The van der Waals surface area contributed by atoms with Crippen molar-refractivity contribution < 1.29 is 18.8 Å². The molecule has 6 rings (SSSR count). The zero-order valence-corrected chi connectivity index (χ0v) is 22.0. The first-order valence-corrected chi connectivity index (χ1v) is 13.5. The van der Waals surface area contributed by atoms with Gasteiger partial charge in [-0.25, -0.2) is 0 Å². The number of amides is 3. The van der Waals surface area contributed by atoms with E-state index in [0.29, 0.717) is 74.3 Å². The summed E-state index contributed by atoms with van der Waals surface area (Å²) in [5, 5.41) is 15.9. The first kappa shape index (κ1) is 25.7. The number of carbonyl (C=O) groups excluding carboxylic acids is 3. The fourth-order valence-electron chi connectivity index (χ4n) is 5.58. The summed E-state index contributed by atoms with van der Waals surface area (Å²) in [5.41, 5.74) is 1.17. The molecule has 4 heterocycles. The molecule has 2 aliphatic heterocycles. The highest BCUT2D eigenvalue weighted by molar-refractivity contribution is 6.12. The number of aromatic nitrogens is 2. The molecular formula is C30H30N6O4. The number of furan rings is 1. The van der Waals surface area contributed by atoms with Gasteiger partial charge in [-0.15, -0.1) is 10.2 Å². The van der Waals surface area contributed by atoms with Crippen LogP contribution in [0.4, 0.5) is 0 Å². The van der Waals surface area contributed by atoms with Gasteiger partial charge < -0.3 is 24.9 Å². The van der Waals surface area contributed by atoms with E-state index in [4.69, 9.17) is 4.42 Å². The topological polar surface area (TPSA) is 121 Å². The fourth-order valence-corrected chi connectivity index (χ4v) is 5.58. The molecule has 4 aromatic rings. The van der Waals surface area contributed by atoms with E-state index in [1.807, 2.05) is 54.6 Å². The minimum absolute atomic E-state index is 0.125. The Kier molecular flexibility index (Phi) is 7.00. The summed E-state index contributed by atoms with van der Waals surface area (Å²) in [6.45, 7) is 2.75. The third kappa shape index (κ3) is 4.82. The fraction of sp³-hybridized carbons (Fsp3) is 0.300. The van der Waals surface area contributed by atoms with Crippen LogP contribution in [0.15, 0.2) is 77.4 Å². The van der Waals surface area contributed by atoms with Crippen molar-refractivity contribution in [2.45, 2.75) is 18.4 Å². The van der Waals surface area contributed by atoms with Crippen LogP contribution < -0.4 is 10.6 Å². The molecule has 2 N–H and O–H groups in total. The van der Waals surface area contributed by atoms with E-state index in [2.05, 4.69) is 20.8 Å². The average Bonchev–Trinajstić information content (AvgIpc) is 3.56. The number of rotatable bonds is 5. The van der Waals surface area contributed by atoms with Gasteiger partial charge >= 0.3 is 0 Å². The van der Waals surface area contributed by atoms with Crippen molar-refractivity contribution in [3.05, 3.63) is 84.3 Å². The molecule has 204 valence electrons. The SMILES string of the molecule is O=C(NC1(C(=O)N2CCN(C(=O)c3ccco3)CC2)CCNCC1)c1c(-c2ccccc2)nnc2ccccc12. The standard InChI is InChI=1S/C30H30N6O4/c37-27(25-22-9-4-5-10-23(22)33-34-26(25)21-7-2-1-3-8-21)32-30(12-14-31-15-13-30)29(39)36-18-16-35(17-19-36)28(38)24-11-6-20-40-24/h1-11,20,31H,12-19H2,(H,32,37). The Labute approximate surface area is 231 Å². The van der Waals surface area contributed by atoms with Crippen LogP contribution in [0.1, 0.15) is 33.8 Å². The predicted octanol–water partition coefficient (Wildman–Crippen LogP) is 2.73. The molecule has 2 fully saturated rings. The third-order valence-electron chi connectivity index (χ3n) is 7.75. The van der Waals surface area contributed by atoms with Crippen molar-refractivity contribution >= 4 is 28.6 Å². The predicted molar refractivity (Wildman–Crippen MR) is 148 cm³/mol. The number of piperazine rings is 1. The van der Waals surface area contributed by atoms with E-state index in [9.17, 15) is 14.4 Å². The Bertz CT molecular complexity index is 1520. The lowest BCUT2D eigenvalue weighted by Crippen LogP contribution is -2.65. The number of carbonyl (C=O) groups is 3. The van der Waals surface area contributed by atoms with Crippen molar-refractivity contribution in [2.75, 3.05) is 39.3 Å². The zero-order chi connectivity index (χ0) is 27.5. The summed E-state index contributed by atoms with van der Waals surface area (Å²) in [7, 11) is 0. The largest absolute Gasteiger partial charge is 0.459 e. The van der Waals surface area contributed by atoms with Crippen LogP contribution in [0.3, 0.4) is 0 Å². The van der Waals surface area contributed by atoms with Gasteiger partial charge in [0.05, 0.1) is 17.3 Å². The van der Waals surface area contributed by atoms with E-state index in [0.717, 1.165) is 5.56 Å². The highest BCUT2D eigenvalue weighted by Crippen LogP contribution is 2.29. The van der Waals surface area contributed by atoms with Gasteiger partial charge in [0.1, 0.15) is 11.2 Å². The molecule has 10 heteroatoms. The number of nitrogens with one attached hydrogen (secondary N) is 2. The summed E-state index contributed by atoms with van der Waals surface area (Å²) < 4.78 is 5.26. The van der Waals surface area contributed by atoms with Crippen LogP contribution in [-0.4, -0.2) is 82.5 Å². The van der Waals surface area contributed by atoms with Gasteiger partial charge in [0.25, 0.3) is 11.8 Å². The second-order valence-corrected chi connectivity index (χ2v) is 10.2. The van der Waals surface area contributed by atoms with Crippen molar-refractivity contribution in [3.63, 3.8) is 0 Å². The van der Waals surface area contributed by atoms with Gasteiger partial charge in [-0.3, -0.25) is 14.4 Å². The van der Waals surface area contributed by atoms with Crippen molar-refractivity contribution in [1.29, 1.82) is 0 Å². The number of piperidine rings is 1. The van der Waals surface area contributed by atoms with Crippen LogP contribution >= 0.6 is 0 Å². The number of benzene rings is 2. The molecule has 0 aliphatic carbocycles. The van der Waals surface area contributed by atoms with Crippen LogP contribution in [0.5, 0.6) is 0 Å². The van der Waals surface area contributed by atoms with Crippen LogP contribution in [0.25, 0.3) is 22.2 Å². The number of fused-ring (bicyclic) bond motifs is 1. The van der Waals surface area contributed by atoms with E-state index in [-0.39, 0.29) is 23.5 Å². The Morgan fingerprint density at radius 3 is 2.25 bits per heavy atom. The maximum Gasteiger partial charge on any atom is 0.289 e. The quantitative estimate of drug-likeness (QED) is 0.401. The van der Waals surface area contributed by atoms with Crippen molar-refractivity contribution in [3.8, 4) is 11.3 Å². The summed E-state index contributed by atoms with van der Waals surface area (Å²) in [6, 6.07) is 20.2. The van der Waals surface area contributed by atoms with E-state index < -0.39 is 5.54 Å². The summed E-state index contributed by atoms with van der Waals surface area (Å²) in [4.78, 5) is 44.4. The van der Waals surface area contributed by atoms with Crippen LogP contribution in [0.2, 0.25) is 0 Å². The highest BCUT2D eigenvalue weighted by Gasteiger charge is 2.45. The third-order valence-corrected chi connectivity index (χ3v) is 7.75. The molecule has 2 aromatic heterocycles. The second-order valence-electron chi connectivity index (χ2n) is 10.2. The lowest BCUT2D eigenvalue weighted by atomic mass is 9.85. The smallest absolute Gasteiger partial charge is 0.289 e. The zero-order valence-electron chi connectivity index (χ0n) is 22.0. The molecule has 0 bridgehead atoms. The van der Waals surface area contributed by atoms with Gasteiger partial charge in [0.15, 0.2) is 5.76 Å². The normalized spacial score (nSPS) is 17.0. The van der Waals surface area contributed by atoms with Gasteiger partial charge in [-0.2, -0.15) is 0 Å². The highest BCUT2D eigenvalue weighted by atomic mass is 16.3. The lowest BCUT2D eigenvalue weighted by Gasteiger charge is -2.43. The van der Waals surface area contributed by atoms with E-state index in [1.165, 1.54) is 6.26 Å². The lowest BCUT2D eigenvalue weighted by molar-refractivity contribution is -0.140. The molecule has 10 nitrogen and oxygen atoms in total. The summed E-state index contributed by atoms with van der Waals surface area (Å²) in [5.74, 6) is -0.381. The Morgan fingerprint density at radius 1 is 0.825 bits per heavy atom. The number of nitrogens with zero attached hydrogens (tertiary/aromatic N) is 4. The Hall–Kier alpha value is -4.57. The molecule has 0 unspecified atom stereocenters. The maximum absolute atomic E-state index is 14.2. The average molecular weight is 539 g/mol. The van der Waals surface area contributed by atoms with Gasteiger partial charge in [0.2, 0.25) is 5.91 Å². The molecule has 2 aromatic carbocycles. The van der Waals surface area contributed by atoms with Crippen molar-refractivity contribution in [2.24, 2.45) is 0 Å². The van der Waals surface area contributed by atoms with Crippen LogP contribution in [0, 0.1) is 0 Å². The molecule has 0 radical (unpaired) electrons. The van der Waals surface area contributed by atoms with E-state index >= 15 is 0 Å². The summed E-state index contributed by atoms with van der Waals surface area (Å²) in [6.07, 6.45) is 2.39. The monoisotopic (exact) mass is 538 g/mol. The number of hydrogen-bond acceptors (Lipinski definition) is 7. The van der Waals surface area contributed by atoms with Crippen LogP contribution in [-0.2, 0) is 4.79 Å². The minimum Gasteiger partial charge on any atom is -0.459 e. The molecular weight excluding hydrogens is 508 g/mol. The molecule has 0 saturated carbocycles. The van der Waals surface area contributed by atoms with Crippen molar-refractivity contribution in [1.82, 2.24) is 30.6 Å². The summed E-state index contributed by atoms with van der Waals surface area (Å²) >= 11 is 0.